The molecule has 1 amide bonds. The molecule has 1 aromatic heterocycles. The topological polar surface area (TPSA) is 79.8 Å². The molecule has 0 bridgehead atoms. The fraction of sp³-hybridized carbons (Fsp3) is 0.429. The molecule has 1 aromatic carbocycles. The molecule has 1 saturated heterocycles. The fourth-order valence-corrected chi connectivity index (χ4v) is 4.87. The number of ether oxygens (including phenoxy) is 1. The molecule has 0 radical (unpaired) electrons. The van der Waals surface area contributed by atoms with E-state index in [9.17, 15) is 17.6 Å². The molecule has 0 unspecified atom stereocenters. The average Bonchev–Trinajstić information content (AvgIpc) is 2.78. The Labute approximate surface area is 176 Å². The van der Waals surface area contributed by atoms with Gasteiger partial charge in [0.1, 0.15) is 16.5 Å². The molecule has 1 fully saturated rings. The van der Waals surface area contributed by atoms with Gasteiger partial charge in [-0.2, -0.15) is 4.31 Å². The van der Waals surface area contributed by atoms with Crippen LogP contribution >= 0.6 is 0 Å². The van der Waals surface area contributed by atoms with Crippen LogP contribution in [-0.2, 0) is 14.8 Å². The van der Waals surface area contributed by atoms with Gasteiger partial charge < -0.3 is 9.64 Å². The van der Waals surface area contributed by atoms with Crippen molar-refractivity contribution in [3.63, 3.8) is 0 Å². The Morgan fingerprint density at radius 1 is 1.23 bits per heavy atom. The summed E-state index contributed by atoms with van der Waals surface area (Å²) in [7, 11) is -1.82. The lowest BCUT2D eigenvalue weighted by Gasteiger charge is -2.32. The minimum Gasteiger partial charge on any atom is -0.494 e. The largest absolute Gasteiger partial charge is 0.494 e. The van der Waals surface area contributed by atoms with E-state index in [0.717, 1.165) is 0 Å². The van der Waals surface area contributed by atoms with Crippen molar-refractivity contribution < 1.29 is 22.3 Å². The second-order valence-corrected chi connectivity index (χ2v) is 9.22. The van der Waals surface area contributed by atoms with E-state index in [1.54, 1.807) is 30.1 Å². The number of rotatable bonds is 8. The number of nitrogens with zero attached hydrogens (tertiary/aromatic N) is 3. The van der Waals surface area contributed by atoms with Gasteiger partial charge in [0.15, 0.2) is 0 Å². The zero-order valence-corrected chi connectivity index (χ0v) is 17.7. The van der Waals surface area contributed by atoms with E-state index in [4.69, 9.17) is 4.74 Å². The van der Waals surface area contributed by atoms with Crippen molar-refractivity contribution >= 4 is 15.9 Å². The van der Waals surface area contributed by atoms with Crippen molar-refractivity contribution in [2.24, 2.45) is 5.92 Å². The minimum atomic E-state index is -3.57. The lowest BCUT2D eigenvalue weighted by Crippen LogP contribution is -2.43. The number of piperidine rings is 1. The highest BCUT2D eigenvalue weighted by Gasteiger charge is 2.33. The maximum atomic E-state index is 12.9. The molecule has 2 aromatic rings. The number of carbonyl (C=O) groups excluding carboxylic acids is 1. The molecular formula is C21H26FN3O4S. The summed E-state index contributed by atoms with van der Waals surface area (Å²) in [5.74, 6) is 0.114. The highest BCUT2D eigenvalue weighted by Crippen LogP contribution is 2.24. The predicted molar refractivity (Wildman–Crippen MR) is 110 cm³/mol. The first-order valence-electron chi connectivity index (χ1n) is 9.91. The van der Waals surface area contributed by atoms with Crippen LogP contribution in [0.2, 0.25) is 0 Å². The number of hydrogen-bond acceptors (Lipinski definition) is 5. The molecule has 1 aliphatic heterocycles. The van der Waals surface area contributed by atoms with Crippen LogP contribution < -0.4 is 4.74 Å². The maximum absolute atomic E-state index is 12.9. The number of hydrogen-bond donors (Lipinski definition) is 0. The van der Waals surface area contributed by atoms with Crippen molar-refractivity contribution in [1.82, 2.24) is 14.2 Å². The van der Waals surface area contributed by atoms with Gasteiger partial charge in [0, 0.05) is 45.0 Å². The van der Waals surface area contributed by atoms with Gasteiger partial charge in [0.05, 0.1) is 6.61 Å². The summed E-state index contributed by atoms with van der Waals surface area (Å²) in [6.07, 6.45) is 4.51. The zero-order valence-electron chi connectivity index (χ0n) is 16.9. The van der Waals surface area contributed by atoms with E-state index in [-0.39, 0.29) is 22.5 Å². The van der Waals surface area contributed by atoms with Gasteiger partial charge in [-0.05, 0) is 55.7 Å². The number of aromatic nitrogens is 1. The first kappa shape index (κ1) is 22.2. The molecule has 162 valence electrons. The number of carbonyl (C=O) groups is 1. The van der Waals surface area contributed by atoms with Crippen LogP contribution in [0.1, 0.15) is 19.3 Å². The van der Waals surface area contributed by atoms with Crippen molar-refractivity contribution in [3.05, 3.63) is 54.6 Å². The smallest absolute Gasteiger partial charge is 0.244 e. The van der Waals surface area contributed by atoms with Gasteiger partial charge >= 0.3 is 0 Å². The average molecular weight is 436 g/mol. The van der Waals surface area contributed by atoms with Gasteiger partial charge in [-0.15, -0.1) is 0 Å². The van der Waals surface area contributed by atoms with Gasteiger partial charge in [0.2, 0.25) is 15.9 Å². The highest BCUT2D eigenvalue weighted by atomic mass is 32.2. The lowest BCUT2D eigenvalue weighted by atomic mass is 9.96. The van der Waals surface area contributed by atoms with Gasteiger partial charge in [-0.1, -0.05) is 0 Å². The first-order chi connectivity index (χ1) is 14.4. The van der Waals surface area contributed by atoms with Gasteiger partial charge in [-0.3, -0.25) is 9.78 Å². The van der Waals surface area contributed by atoms with Gasteiger partial charge in [-0.25, -0.2) is 12.8 Å². The zero-order chi connectivity index (χ0) is 21.6. The van der Waals surface area contributed by atoms with E-state index >= 15 is 0 Å². The summed E-state index contributed by atoms with van der Waals surface area (Å²) in [5.41, 5.74) is 0. The standard InChI is InChI=1S/C21H26FN3O4S/c1-24(12-3-15-29-19-7-5-18(22)6-8-19)21(26)17-9-13-25(14-10-17)30(27,28)20-4-2-11-23-16-20/h2,4-8,11,16-17H,3,9-10,12-15H2,1H3. The molecular weight excluding hydrogens is 409 g/mol. The van der Waals surface area contributed by atoms with E-state index in [2.05, 4.69) is 4.98 Å². The van der Waals surface area contributed by atoms with E-state index < -0.39 is 10.0 Å². The number of amides is 1. The minimum absolute atomic E-state index is 0.0233. The summed E-state index contributed by atoms with van der Waals surface area (Å²) in [5, 5.41) is 0. The lowest BCUT2D eigenvalue weighted by molar-refractivity contribution is -0.135. The van der Waals surface area contributed by atoms with Crippen LogP contribution in [0.5, 0.6) is 5.75 Å². The molecule has 30 heavy (non-hydrogen) atoms. The highest BCUT2D eigenvalue weighted by molar-refractivity contribution is 7.89. The maximum Gasteiger partial charge on any atom is 0.244 e. The van der Waals surface area contributed by atoms with E-state index in [1.807, 2.05) is 0 Å². The Morgan fingerprint density at radius 3 is 2.57 bits per heavy atom. The second-order valence-electron chi connectivity index (χ2n) is 7.28. The van der Waals surface area contributed by atoms with Crippen LogP contribution in [0.25, 0.3) is 0 Å². The summed E-state index contributed by atoms with van der Waals surface area (Å²) in [6.45, 7) is 1.59. The predicted octanol–water partition coefficient (Wildman–Crippen LogP) is 2.55. The summed E-state index contributed by atoms with van der Waals surface area (Å²) in [4.78, 5) is 18.4. The molecule has 3 rings (SSSR count). The third kappa shape index (κ3) is 5.54. The number of halogens is 1. The molecule has 2 heterocycles. The Balaban J connectivity index is 1.42. The molecule has 7 nitrogen and oxygen atoms in total. The Bertz CT molecular complexity index is 930. The molecule has 0 N–H and O–H groups in total. The molecule has 0 spiro atoms. The summed E-state index contributed by atoms with van der Waals surface area (Å²) < 4.78 is 45.2. The SMILES string of the molecule is CN(CCCOc1ccc(F)cc1)C(=O)C1CCN(S(=O)(=O)c2cccnc2)CC1. The number of pyridine rings is 1. The van der Waals surface area contributed by atoms with Crippen molar-refractivity contribution in [3.8, 4) is 5.75 Å². The second kappa shape index (κ2) is 9.99. The van der Waals surface area contributed by atoms with Crippen molar-refractivity contribution in [2.45, 2.75) is 24.2 Å². The fourth-order valence-electron chi connectivity index (χ4n) is 3.44. The molecule has 0 aliphatic carbocycles. The Morgan fingerprint density at radius 2 is 1.93 bits per heavy atom. The quantitative estimate of drug-likeness (QED) is 0.596. The summed E-state index contributed by atoms with van der Waals surface area (Å²) in [6, 6.07) is 8.94. The molecule has 0 saturated carbocycles. The summed E-state index contributed by atoms with van der Waals surface area (Å²) >= 11 is 0. The van der Waals surface area contributed by atoms with Crippen LogP contribution in [0.15, 0.2) is 53.7 Å². The van der Waals surface area contributed by atoms with Gasteiger partial charge in [0.25, 0.3) is 0 Å². The number of sulfonamides is 1. The van der Waals surface area contributed by atoms with Crippen LogP contribution in [0.4, 0.5) is 4.39 Å². The Hall–Kier alpha value is -2.52. The Kier molecular flexibility index (Phi) is 7.38. The first-order valence-corrected chi connectivity index (χ1v) is 11.4. The van der Waals surface area contributed by atoms with Crippen LogP contribution in [-0.4, -0.2) is 61.8 Å². The van der Waals surface area contributed by atoms with E-state index in [1.165, 1.54) is 34.9 Å². The number of benzene rings is 1. The monoisotopic (exact) mass is 435 g/mol. The van der Waals surface area contributed by atoms with Crippen molar-refractivity contribution in [2.75, 3.05) is 33.3 Å². The van der Waals surface area contributed by atoms with E-state index in [0.29, 0.717) is 51.3 Å². The third-order valence-corrected chi connectivity index (χ3v) is 7.05. The molecule has 9 heteroatoms. The molecule has 1 aliphatic rings. The van der Waals surface area contributed by atoms with Crippen molar-refractivity contribution in [1.29, 1.82) is 0 Å². The van der Waals surface area contributed by atoms with Crippen LogP contribution in [0.3, 0.4) is 0 Å². The van der Waals surface area contributed by atoms with Crippen LogP contribution in [0, 0.1) is 11.7 Å². The molecule has 0 atom stereocenters. The normalized spacial score (nSPS) is 15.7. The third-order valence-electron chi connectivity index (χ3n) is 5.17.